The van der Waals surface area contributed by atoms with Gasteiger partial charge in [-0.15, -0.1) is 0 Å². The highest BCUT2D eigenvalue weighted by Gasteiger charge is 2.24. The maximum atomic E-state index is 5.72. The van der Waals surface area contributed by atoms with Gasteiger partial charge < -0.3 is 14.5 Å². The van der Waals surface area contributed by atoms with E-state index in [1.807, 2.05) is 6.20 Å². The van der Waals surface area contributed by atoms with Crippen LogP contribution >= 0.6 is 0 Å². The number of hydrogen-bond acceptors (Lipinski definition) is 4. The summed E-state index contributed by atoms with van der Waals surface area (Å²) in [4.78, 5) is 9.34. The van der Waals surface area contributed by atoms with Crippen molar-refractivity contribution in [1.29, 1.82) is 0 Å². The minimum Gasteiger partial charge on any atom is -0.489 e. The number of hydrogen-bond donors (Lipinski definition) is 0. The third-order valence-electron chi connectivity index (χ3n) is 3.70. The van der Waals surface area contributed by atoms with Crippen molar-refractivity contribution in [2.24, 2.45) is 0 Å². The highest BCUT2D eigenvalue weighted by Crippen LogP contribution is 2.34. The molecule has 4 nitrogen and oxygen atoms in total. The summed E-state index contributed by atoms with van der Waals surface area (Å²) in [5.41, 5.74) is 1.31. The molecule has 0 aliphatic carbocycles. The van der Waals surface area contributed by atoms with E-state index in [0.717, 1.165) is 57.3 Å². The van der Waals surface area contributed by atoms with Crippen molar-refractivity contribution in [2.75, 3.05) is 44.2 Å². The Kier molecular flexibility index (Phi) is 2.89. The summed E-state index contributed by atoms with van der Waals surface area (Å²) in [6.07, 6.45) is 2.94. The van der Waals surface area contributed by atoms with Crippen LogP contribution in [-0.4, -0.2) is 49.2 Å². The summed E-state index contributed by atoms with van der Waals surface area (Å²) in [6, 6.07) is 2.08. The predicted molar refractivity (Wildman–Crippen MR) is 67.8 cm³/mol. The maximum Gasteiger partial charge on any atom is 0.171 e. The number of rotatable bonds is 2. The molecule has 2 aliphatic heterocycles. The molecule has 1 saturated heterocycles. The quantitative estimate of drug-likeness (QED) is 0.766. The van der Waals surface area contributed by atoms with Gasteiger partial charge in [0.25, 0.3) is 0 Å². The van der Waals surface area contributed by atoms with E-state index in [2.05, 4.69) is 27.8 Å². The molecule has 92 valence electrons. The Balaban J connectivity index is 1.79. The van der Waals surface area contributed by atoms with E-state index in [1.165, 1.54) is 5.56 Å². The number of likely N-dealkylation sites (N-methyl/N-ethyl adjacent to an activating group) is 1. The van der Waals surface area contributed by atoms with Gasteiger partial charge in [0.15, 0.2) is 11.6 Å². The first-order valence-electron chi connectivity index (χ1n) is 6.46. The third-order valence-corrected chi connectivity index (χ3v) is 3.70. The summed E-state index contributed by atoms with van der Waals surface area (Å²) < 4.78 is 5.72. The highest BCUT2D eigenvalue weighted by atomic mass is 16.5. The lowest BCUT2D eigenvalue weighted by atomic mass is 10.2. The van der Waals surface area contributed by atoms with Gasteiger partial charge in [0.2, 0.25) is 0 Å². The molecule has 4 heteroatoms. The van der Waals surface area contributed by atoms with Crippen molar-refractivity contribution in [3.63, 3.8) is 0 Å². The summed E-state index contributed by atoms with van der Waals surface area (Å²) in [5, 5.41) is 0. The average molecular weight is 233 g/mol. The predicted octanol–water partition coefficient (Wildman–Crippen LogP) is 1.16. The Morgan fingerprint density at radius 2 is 2.12 bits per heavy atom. The topological polar surface area (TPSA) is 28.6 Å². The second-order valence-corrected chi connectivity index (χ2v) is 4.64. The van der Waals surface area contributed by atoms with Gasteiger partial charge in [-0.2, -0.15) is 0 Å². The molecule has 0 saturated carbocycles. The number of anilines is 1. The fraction of sp³-hybridized carbons (Fsp3) is 0.615. The van der Waals surface area contributed by atoms with Crippen LogP contribution in [0.5, 0.6) is 5.75 Å². The molecule has 1 fully saturated rings. The summed E-state index contributed by atoms with van der Waals surface area (Å²) in [5.74, 6) is 2.08. The second-order valence-electron chi connectivity index (χ2n) is 4.64. The van der Waals surface area contributed by atoms with Crippen LogP contribution in [0.25, 0.3) is 0 Å². The molecule has 17 heavy (non-hydrogen) atoms. The number of nitrogens with zero attached hydrogens (tertiary/aromatic N) is 3. The van der Waals surface area contributed by atoms with Gasteiger partial charge in [0.05, 0.1) is 6.61 Å². The van der Waals surface area contributed by atoms with E-state index in [0.29, 0.717) is 0 Å². The normalized spacial score (nSPS) is 20.2. The van der Waals surface area contributed by atoms with Crippen molar-refractivity contribution in [3.8, 4) is 5.75 Å². The van der Waals surface area contributed by atoms with E-state index in [4.69, 9.17) is 4.74 Å². The van der Waals surface area contributed by atoms with Crippen LogP contribution in [-0.2, 0) is 6.42 Å². The van der Waals surface area contributed by atoms with E-state index in [-0.39, 0.29) is 0 Å². The molecule has 0 N–H and O–H groups in total. The van der Waals surface area contributed by atoms with Gasteiger partial charge in [-0.05, 0) is 12.6 Å². The van der Waals surface area contributed by atoms with E-state index in [9.17, 15) is 0 Å². The zero-order valence-corrected chi connectivity index (χ0v) is 10.4. The molecule has 0 amide bonds. The van der Waals surface area contributed by atoms with Gasteiger partial charge in [0, 0.05) is 44.4 Å². The Labute approximate surface area is 102 Å². The lowest BCUT2D eigenvalue weighted by molar-refractivity contribution is 0.269. The molecule has 0 aromatic carbocycles. The molecule has 0 radical (unpaired) electrons. The van der Waals surface area contributed by atoms with Crippen molar-refractivity contribution in [1.82, 2.24) is 9.88 Å². The van der Waals surface area contributed by atoms with Crippen molar-refractivity contribution < 1.29 is 4.74 Å². The lowest BCUT2D eigenvalue weighted by Gasteiger charge is -2.35. The molecule has 0 unspecified atom stereocenters. The Hall–Kier alpha value is -1.29. The molecule has 0 bridgehead atoms. The van der Waals surface area contributed by atoms with Gasteiger partial charge in [-0.1, -0.05) is 6.92 Å². The van der Waals surface area contributed by atoms with Gasteiger partial charge in [-0.25, -0.2) is 4.98 Å². The first-order chi connectivity index (χ1) is 8.38. The molecule has 2 aliphatic rings. The number of ether oxygens (including phenoxy) is 1. The van der Waals surface area contributed by atoms with Gasteiger partial charge in [0.1, 0.15) is 0 Å². The fourth-order valence-electron chi connectivity index (χ4n) is 2.59. The van der Waals surface area contributed by atoms with Crippen LogP contribution < -0.4 is 9.64 Å². The van der Waals surface area contributed by atoms with Crippen LogP contribution in [0.1, 0.15) is 12.5 Å². The minimum absolute atomic E-state index is 0.808. The lowest BCUT2D eigenvalue weighted by Crippen LogP contribution is -2.46. The summed E-state index contributed by atoms with van der Waals surface area (Å²) in [7, 11) is 0. The molecular weight excluding hydrogens is 214 g/mol. The number of pyridine rings is 1. The van der Waals surface area contributed by atoms with Crippen LogP contribution in [0, 0.1) is 0 Å². The van der Waals surface area contributed by atoms with E-state index < -0.39 is 0 Å². The first-order valence-corrected chi connectivity index (χ1v) is 6.46. The Morgan fingerprint density at radius 3 is 2.88 bits per heavy atom. The third kappa shape index (κ3) is 1.97. The van der Waals surface area contributed by atoms with E-state index in [1.54, 1.807) is 0 Å². The summed E-state index contributed by atoms with van der Waals surface area (Å²) >= 11 is 0. The number of piperazine rings is 1. The monoisotopic (exact) mass is 233 g/mol. The smallest absolute Gasteiger partial charge is 0.171 e. The SMILES string of the molecule is CCN1CCN(c2nccc3c2OCC3)CC1. The van der Waals surface area contributed by atoms with Crippen LogP contribution in [0.15, 0.2) is 12.3 Å². The standard InChI is InChI=1S/C13H19N3O/c1-2-15-6-8-16(9-7-15)13-12-11(3-5-14-13)4-10-17-12/h3,5H,2,4,6-10H2,1H3. The summed E-state index contributed by atoms with van der Waals surface area (Å²) in [6.45, 7) is 8.54. The second kappa shape index (κ2) is 4.53. The number of aromatic nitrogens is 1. The molecule has 1 aromatic heterocycles. The molecule has 3 rings (SSSR count). The van der Waals surface area contributed by atoms with Gasteiger partial charge in [-0.3, -0.25) is 0 Å². The zero-order valence-electron chi connectivity index (χ0n) is 10.4. The molecule has 0 spiro atoms. The number of fused-ring (bicyclic) bond motifs is 1. The van der Waals surface area contributed by atoms with Crippen LogP contribution in [0.3, 0.4) is 0 Å². The largest absolute Gasteiger partial charge is 0.489 e. The zero-order chi connectivity index (χ0) is 11.7. The first kappa shape index (κ1) is 10.8. The molecule has 3 heterocycles. The Bertz CT molecular complexity index is 400. The van der Waals surface area contributed by atoms with Crippen molar-refractivity contribution in [3.05, 3.63) is 17.8 Å². The maximum absolute atomic E-state index is 5.72. The van der Waals surface area contributed by atoms with Crippen LogP contribution in [0.2, 0.25) is 0 Å². The minimum atomic E-state index is 0.808. The highest BCUT2D eigenvalue weighted by molar-refractivity contribution is 5.58. The molecule has 1 aromatic rings. The van der Waals surface area contributed by atoms with Crippen molar-refractivity contribution in [2.45, 2.75) is 13.3 Å². The van der Waals surface area contributed by atoms with Gasteiger partial charge >= 0.3 is 0 Å². The average Bonchev–Trinajstić information content (AvgIpc) is 2.87. The van der Waals surface area contributed by atoms with Crippen molar-refractivity contribution >= 4 is 5.82 Å². The van der Waals surface area contributed by atoms with Crippen LogP contribution in [0.4, 0.5) is 5.82 Å². The molecule has 0 atom stereocenters. The Morgan fingerprint density at radius 1 is 1.29 bits per heavy atom. The fourth-order valence-corrected chi connectivity index (χ4v) is 2.59. The molecular formula is C13H19N3O. The van der Waals surface area contributed by atoms with E-state index >= 15 is 0 Å².